The highest BCUT2D eigenvalue weighted by molar-refractivity contribution is 5.13. The Morgan fingerprint density at radius 3 is 2.81 bits per heavy atom. The van der Waals surface area contributed by atoms with Crippen molar-refractivity contribution < 1.29 is 5.11 Å². The zero-order chi connectivity index (χ0) is 14.5. The van der Waals surface area contributed by atoms with Gasteiger partial charge >= 0.3 is 0 Å². The fourth-order valence-electron chi connectivity index (χ4n) is 7.31. The number of hydrogen-bond donors (Lipinski definition) is 1. The molecule has 0 spiro atoms. The van der Waals surface area contributed by atoms with Gasteiger partial charge in [0, 0.05) is 6.61 Å². The van der Waals surface area contributed by atoms with Crippen LogP contribution in [0.5, 0.6) is 0 Å². The van der Waals surface area contributed by atoms with Crippen LogP contribution in [0.4, 0.5) is 0 Å². The van der Waals surface area contributed by atoms with Gasteiger partial charge < -0.3 is 5.11 Å². The summed E-state index contributed by atoms with van der Waals surface area (Å²) in [5, 5.41) is 9.76. The summed E-state index contributed by atoms with van der Waals surface area (Å²) in [6.07, 6.45) is 18.8. The standard InChI is InChI=1S/C20H32O/c1-19-10-4-6-17(19)16-8-7-15-5-2-3-11-20(15,13-14-21)18(16)9-12-19/h2,5,15-18,21H,3-4,6-14H2,1H3/t15?,16-,17-,18-,19-,20+/m0/s1. The van der Waals surface area contributed by atoms with E-state index in [1.54, 1.807) is 0 Å². The molecular formula is C20H32O. The molecule has 1 nitrogen and oxygen atoms in total. The molecule has 1 heteroatoms. The van der Waals surface area contributed by atoms with E-state index in [-0.39, 0.29) is 0 Å². The van der Waals surface area contributed by atoms with Gasteiger partial charge in [0.15, 0.2) is 0 Å². The van der Waals surface area contributed by atoms with E-state index in [9.17, 15) is 5.11 Å². The molecule has 118 valence electrons. The normalized spacial score (nSPS) is 52.1. The number of fused-ring (bicyclic) bond motifs is 5. The molecule has 0 aliphatic heterocycles. The first-order chi connectivity index (χ1) is 10.2. The Labute approximate surface area is 130 Å². The Balaban J connectivity index is 1.68. The average Bonchev–Trinajstić information content (AvgIpc) is 2.89. The molecule has 0 heterocycles. The molecule has 3 fully saturated rings. The van der Waals surface area contributed by atoms with E-state index in [4.69, 9.17) is 0 Å². The molecule has 0 aromatic carbocycles. The first-order valence-electron chi connectivity index (χ1n) is 9.47. The Morgan fingerprint density at radius 2 is 1.95 bits per heavy atom. The summed E-state index contributed by atoms with van der Waals surface area (Å²) in [4.78, 5) is 0. The maximum atomic E-state index is 9.76. The predicted octanol–water partition coefficient (Wildman–Crippen LogP) is 4.95. The molecule has 1 unspecified atom stereocenters. The molecule has 0 radical (unpaired) electrons. The van der Waals surface area contributed by atoms with E-state index in [2.05, 4.69) is 19.1 Å². The van der Waals surface area contributed by atoms with E-state index >= 15 is 0 Å². The topological polar surface area (TPSA) is 20.2 Å². The minimum Gasteiger partial charge on any atom is -0.396 e. The monoisotopic (exact) mass is 288 g/mol. The van der Waals surface area contributed by atoms with Crippen molar-refractivity contribution in [3.8, 4) is 0 Å². The van der Waals surface area contributed by atoms with Crippen molar-refractivity contribution in [2.24, 2.45) is 34.5 Å². The molecule has 0 aromatic rings. The lowest BCUT2D eigenvalue weighted by molar-refractivity contribution is -0.0991. The Hall–Kier alpha value is -0.300. The Morgan fingerprint density at radius 1 is 1.05 bits per heavy atom. The van der Waals surface area contributed by atoms with Crippen LogP contribution in [0.25, 0.3) is 0 Å². The fraction of sp³-hybridized carbons (Fsp3) is 0.900. The summed E-state index contributed by atoms with van der Waals surface area (Å²) in [6.45, 7) is 2.99. The Kier molecular flexibility index (Phi) is 3.48. The van der Waals surface area contributed by atoms with Gasteiger partial charge in [0.25, 0.3) is 0 Å². The number of hydrogen-bond acceptors (Lipinski definition) is 1. The summed E-state index contributed by atoms with van der Waals surface area (Å²) in [5.74, 6) is 3.65. The summed E-state index contributed by atoms with van der Waals surface area (Å²) < 4.78 is 0. The van der Waals surface area contributed by atoms with E-state index in [0.29, 0.717) is 17.4 Å². The number of aliphatic hydroxyl groups excluding tert-OH is 1. The SMILES string of the molecule is C[C@@]12CCC[C@H]1[C@@H]1CCC3C=CCC[C@]3(CCO)[C@H]1CC2. The van der Waals surface area contributed by atoms with E-state index in [1.165, 1.54) is 57.8 Å². The van der Waals surface area contributed by atoms with Crippen molar-refractivity contribution in [1.29, 1.82) is 0 Å². The zero-order valence-electron chi connectivity index (χ0n) is 13.7. The smallest absolute Gasteiger partial charge is 0.0436 e. The van der Waals surface area contributed by atoms with Crippen LogP contribution in [-0.4, -0.2) is 11.7 Å². The summed E-state index contributed by atoms with van der Waals surface area (Å²) in [7, 11) is 0. The average molecular weight is 288 g/mol. The van der Waals surface area contributed by atoms with Gasteiger partial charge in [-0.05, 0) is 92.3 Å². The van der Waals surface area contributed by atoms with Crippen molar-refractivity contribution in [2.75, 3.05) is 6.61 Å². The summed E-state index contributed by atoms with van der Waals surface area (Å²) >= 11 is 0. The van der Waals surface area contributed by atoms with Crippen LogP contribution in [0.2, 0.25) is 0 Å². The molecule has 3 saturated carbocycles. The highest BCUT2D eigenvalue weighted by Gasteiger charge is 2.57. The third-order valence-electron chi connectivity index (χ3n) is 8.23. The van der Waals surface area contributed by atoms with Gasteiger partial charge in [-0.15, -0.1) is 0 Å². The second-order valence-electron chi connectivity index (χ2n) is 8.82. The molecule has 4 aliphatic carbocycles. The maximum absolute atomic E-state index is 9.76. The van der Waals surface area contributed by atoms with Gasteiger partial charge in [0.1, 0.15) is 0 Å². The highest BCUT2D eigenvalue weighted by atomic mass is 16.3. The van der Waals surface area contributed by atoms with Gasteiger partial charge in [-0.2, -0.15) is 0 Å². The Bertz CT molecular complexity index is 428. The van der Waals surface area contributed by atoms with Gasteiger partial charge in [0.2, 0.25) is 0 Å². The first kappa shape index (κ1) is 14.3. The molecule has 6 atom stereocenters. The molecule has 0 bridgehead atoms. The maximum Gasteiger partial charge on any atom is 0.0436 e. The molecule has 21 heavy (non-hydrogen) atoms. The molecule has 4 rings (SSSR count). The van der Waals surface area contributed by atoms with Crippen LogP contribution in [0.3, 0.4) is 0 Å². The van der Waals surface area contributed by atoms with Crippen LogP contribution >= 0.6 is 0 Å². The van der Waals surface area contributed by atoms with Gasteiger partial charge in [-0.25, -0.2) is 0 Å². The molecule has 0 saturated heterocycles. The summed E-state index contributed by atoms with van der Waals surface area (Å²) in [6, 6.07) is 0. The molecular weight excluding hydrogens is 256 g/mol. The van der Waals surface area contributed by atoms with E-state index in [0.717, 1.165) is 30.1 Å². The first-order valence-corrected chi connectivity index (χ1v) is 9.47. The molecule has 0 aromatic heterocycles. The van der Waals surface area contributed by atoms with Gasteiger partial charge in [0.05, 0.1) is 0 Å². The number of aliphatic hydroxyl groups is 1. The van der Waals surface area contributed by atoms with Crippen LogP contribution in [0, 0.1) is 34.5 Å². The fourth-order valence-corrected chi connectivity index (χ4v) is 7.31. The molecule has 0 amide bonds. The minimum absolute atomic E-state index is 0.398. The third-order valence-corrected chi connectivity index (χ3v) is 8.23. The minimum atomic E-state index is 0.398. The van der Waals surface area contributed by atoms with Crippen molar-refractivity contribution in [2.45, 2.75) is 71.1 Å². The van der Waals surface area contributed by atoms with Crippen molar-refractivity contribution >= 4 is 0 Å². The largest absolute Gasteiger partial charge is 0.396 e. The van der Waals surface area contributed by atoms with Crippen LogP contribution in [-0.2, 0) is 0 Å². The number of rotatable bonds is 2. The number of allylic oxidation sites excluding steroid dienone is 2. The quantitative estimate of drug-likeness (QED) is 0.713. The lowest BCUT2D eigenvalue weighted by Crippen LogP contribution is -2.52. The molecule has 4 aliphatic rings. The third kappa shape index (κ3) is 1.99. The molecule has 1 N–H and O–H groups in total. The second-order valence-corrected chi connectivity index (χ2v) is 8.82. The van der Waals surface area contributed by atoms with Gasteiger partial charge in [-0.3, -0.25) is 0 Å². The van der Waals surface area contributed by atoms with Crippen LogP contribution < -0.4 is 0 Å². The van der Waals surface area contributed by atoms with E-state index < -0.39 is 0 Å². The van der Waals surface area contributed by atoms with Gasteiger partial charge in [-0.1, -0.05) is 25.5 Å². The predicted molar refractivity (Wildman–Crippen MR) is 86.9 cm³/mol. The second kappa shape index (κ2) is 5.11. The van der Waals surface area contributed by atoms with Crippen LogP contribution in [0.1, 0.15) is 71.1 Å². The van der Waals surface area contributed by atoms with Crippen molar-refractivity contribution in [1.82, 2.24) is 0 Å². The van der Waals surface area contributed by atoms with Crippen LogP contribution in [0.15, 0.2) is 12.2 Å². The lowest BCUT2D eigenvalue weighted by Gasteiger charge is -2.60. The van der Waals surface area contributed by atoms with E-state index in [1.807, 2.05) is 0 Å². The highest BCUT2D eigenvalue weighted by Crippen LogP contribution is 2.66. The lowest BCUT2D eigenvalue weighted by atomic mass is 9.45. The zero-order valence-corrected chi connectivity index (χ0v) is 13.7. The van der Waals surface area contributed by atoms with Crippen molar-refractivity contribution in [3.05, 3.63) is 12.2 Å². The summed E-state index contributed by atoms with van der Waals surface area (Å²) in [5.41, 5.74) is 1.12. The van der Waals surface area contributed by atoms with Crippen molar-refractivity contribution in [3.63, 3.8) is 0 Å².